The van der Waals surface area contributed by atoms with Gasteiger partial charge in [-0.3, -0.25) is 0 Å². The summed E-state index contributed by atoms with van der Waals surface area (Å²) in [7, 11) is 0. The number of aryl methyl sites for hydroxylation is 1. The van der Waals surface area contributed by atoms with Gasteiger partial charge in [0.2, 0.25) is 5.16 Å². The molecule has 17 heavy (non-hydrogen) atoms. The number of tetrazole rings is 1. The van der Waals surface area contributed by atoms with Crippen LogP contribution in [0.25, 0.3) is 0 Å². The molecular weight excluding hydrogens is 390 g/mol. The first-order valence-electron chi connectivity index (χ1n) is 4.96. The van der Waals surface area contributed by atoms with Gasteiger partial charge in [0.25, 0.3) is 0 Å². The van der Waals surface area contributed by atoms with Crippen LogP contribution in [0, 0.1) is 0 Å². The quantitative estimate of drug-likeness (QED) is 0.769. The van der Waals surface area contributed by atoms with E-state index >= 15 is 0 Å². The lowest BCUT2D eigenvalue weighted by Gasteiger charge is -2.00. The van der Waals surface area contributed by atoms with E-state index in [-0.39, 0.29) is 0 Å². The van der Waals surface area contributed by atoms with Gasteiger partial charge < -0.3 is 0 Å². The third kappa shape index (κ3) is 3.49. The molecule has 0 saturated heterocycles. The Kier molecular flexibility index (Phi) is 4.95. The lowest BCUT2D eigenvalue weighted by atomic mass is 10.3. The largest absolute Gasteiger partial charge is 0.221 e. The van der Waals surface area contributed by atoms with Crippen LogP contribution in [0.4, 0.5) is 0 Å². The van der Waals surface area contributed by atoms with Crippen LogP contribution in [0.15, 0.2) is 17.9 Å². The fourth-order valence-corrected chi connectivity index (χ4v) is 4.29. The Hall–Kier alpha value is 0.01000. The van der Waals surface area contributed by atoms with E-state index in [0.717, 1.165) is 37.3 Å². The molecule has 5 nitrogen and oxygen atoms in total. The van der Waals surface area contributed by atoms with Gasteiger partial charge in [-0.1, -0.05) is 24.7 Å². The molecule has 2 heterocycles. The minimum atomic E-state index is 0.784. The fraction of sp³-hybridized carbons (Fsp3) is 0.500. The van der Waals surface area contributed by atoms with Gasteiger partial charge in [0.1, 0.15) is 8.39 Å². The average Bonchev–Trinajstić information content (AvgIpc) is 2.85. The highest BCUT2D eigenvalue weighted by Crippen LogP contribution is 2.36. The predicted molar refractivity (Wildman–Crippen MR) is 74.4 cm³/mol. The molecule has 9 heteroatoms. The zero-order valence-corrected chi connectivity index (χ0v) is 13.7. The number of thiazole rings is 1. The van der Waals surface area contributed by atoms with Gasteiger partial charge >= 0.3 is 0 Å². The van der Waals surface area contributed by atoms with Crippen LogP contribution in [0.3, 0.4) is 0 Å². The molecule has 2 aromatic heterocycles. The van der Waals surface area contributed by atoms with Crippen molar-refractivity contribution in [3.05, 3.63) is 8.39 Å². The minimum Gasteiger partial charge on any atom is -0.221 e. The maximum absolute atomic E-state index is 4.35. The Morgan fingerprint density at radius 1 is 1.41 bits per heavy atom. The van der Waals surface area contributed by atoms with Crippen molar-refractivity contribution in [1.82, 2.24) is 25.2 Å². The van der Waals surface area contributed by atoms with Crippen LogP contribution >= 0.6 is 55.0 Å². The molecule has 0 bridgehead atoms. The molecule has 0 unspecified atom stereocenters. The molecule has 92 valence electrons. The zero-order chi connectivity index (χ0) is 12.3. The highest BCUT2D eigenvalue weighted by molar-refractivity contribution is 9.13. The van der Waals surface area contributed by atoms with Crippen LogP contribution in [-0.4, -0.2) is 25.2 Å². The van der Waals surface area contributed by atoms with Gasteiger partial charge in [-0.2, -0.15) is 0 Å². The molecule has 2 aromatic rings. The molecule has 0 amide bonds. The van der Waals surface area contributed by atoms with Gasteiger partial charge in [0.05, 0.1) is 0 Å². The summed E-state index contributed by atoms with van der Waals surface area (Å²) < 4.78 is 4.53. The molecule has 2 rings (SSSR count). The van der Waals surface area contributed by atoms with Crippen LogP contribution < -0.4 is 0 Å². The lowest BCUT2D eigenvalue weighted by Crippen LogP contribution is -2.01. The lowest BCUT2D eigenvalue weighted by molar-refractivity contribution is 0.518. The molecule has 0 atom stereocenters. The Bertz CT molecular complexity index is 478. The number of unbranched alkanes of at least 4 members (excludes halogenated alkanes) is 1. The summed E-state index contributed by atoms with van der Waals surface area (Å²) >= 11 is 9.82. The van der Waals surface area contributed by atoms with Gasteiger partial charge in [-0.05, 0) is 60.5 Å². The molecule has 0 aliphatic heterocycles. The molecule has 0 spiro atoms. The molecule has 0 aromatic carbocycles. The maximum Gasteiger partial charge on any atom is 0.216 e. The highest BCUT2D eigenvalue weighted by Gasteiger charge is 2.12. The first-order chi connectivity index (χ1) is 8.20. The Labute approximate surface area is 124 Å². The highest BCUT2D eigenvalue weighted by atomic mass is 79.9. The van der Waals surface area contributed by atoms with Crippen LogP contribution in [-0.2, 0) is 6.54 Å². The summed E-state index contributed by atoms with van der Waals surface area (Å²) in [4.78, 5) is 4.35. The first-order valence-corrected chi connectivity index (χ1v) is 8.18. The molecular formula is C8H9Br2N5S2. The van der Waals surface area contributed by atoms with Gasteiger partial charge in [-0.15, -0.1) is 5.10 Å². The van der Waals surface area contributed by atoms with E-state index in [1.165, 1.54) is 11.8 Å². The van der Waals surface area contributed by atoms with Crippen molar-refractivity contribution in [2.24, 2.45) is 0 Å². The van der Waals surface area contributed by atoms with Gasteiger partial charge in [0, 0.05) is 6.54 Å². The molecule has 0 N–H and O–H groups in total. The predicted octanol–water partition coefficient (Wildman–Crippen LogP) is 3.61. The number of hydrogen-bond acceptors (Lipinski definition) is 6. The second-order valence-corrected chi connectivity index (χ2v) is 7.47. The molecule has 0 radical (unpaired) electrons. The Morgan fingerprint density at radius 3 is 2.88 bits per heavy atom. The van der Waals surface area contributed by atoms with E-state index in [0.29, 0.717) is 0 Å². The third-order valence-corrected chi connectivity index (χ3v) is 6.04. The summed E-state index contributed by atoms with van der Waals surface area (Å²) in [6.07, 6.45) is 2.20. The minimum absolute atomic E-state index is 0.784. The fourth-order valence-electron chi connectivity index (χ4n) is 1.11. The second-order valence-electron chi connectivity index (χ2n) is 3.18. The van der Waals surface area contributed by atoms with Crippen molar-refractivity contribution >= 4 is 55.0 Å². The van der Waals surface area contributed by atoms with E-state index in [4.69, 9.17) is 0 Å². The van der Waals surface area contributed by atoms with Gasteiger partial charge in [0.15, 0.2) is 4.34 Å². The Balaban J connectivity index is 2.10. The molecule has 0 aliphatic carbocycles. The Morgan fingerprint density at radius 2 is 2.24 bits per heavy atom. The summed E-state index contributed by atoms with van der Waals surface area (Å²) in [6.45, 7) is 2.99. The summed E-state index contributed by atoms with van der Waals surface area (Å²) in [5, 5.41) is 12.5. The molecule has 0 fully saturated rings. The van der Waals surface area contributed by atoms with Crippen LogP contribution in [0.2, 0.25) is 0 Å². The zero-order valence-electron chi connectivity index (χ0n) is 8.93. The van der Waals surface area contributed by atoms with E-state index in [1.54, 1.807) is 11.3 Å². The standard InChI is InChI=1S/C8H9Br2N5S2/c1-2-3-4-15-7(12-13-14-15)17-8-11-5(9)6(10)16-8/h2-4H2,1H3. The SMILES string of the molecule is CCCCn1nnnc1Sc1nc(Br)c(Br)s1. The van der Waals surface area contributed by atoms with Crippen molar-refractivity contribution in [2.75, 3.05) is 0 Å². The first kappa shape index (κ1) is 13.4. The monoisotopic (exact) mass is 397 g/mol. The summed E-state index contributed by atoms with van der Waals surface area (Å²) in [5.41, 5.74) is 0. The van der Waals surface area contributed by atoms with Gasteiger partial charge in [-0.25, -0.2) is 9.67 Å². The average molecular weight is 399 g/mol. The van der Waals surface area contributed by atoms with Crippen LogP contribution in [0.5, 0.6) is 0 Å². The molecule has 0 saturated carbocycles. The normalized spacial score (nSPS) is 11.0. The van der Waals surface area contributed by atoms with Crippen molar-refractivity contribution in [2.45, 2.75) is 35.8 Å². The smallest absolute Gasteiger partial charge is 0.216 e. The van der Waals surface area contributed by atoms with E-state index < -0.39 is 0 Å². The van der Waals surface area contributed by atoms with E-state index in [9.17, 15) is 0 Å². The number of aromatic nitrogens is 5. The van der Waals surface area contributed by atoms with Crippen molar-refractivity contribution in [1.29, 1.82) is 0 Å². The van der Waals surface area contributed by atoms with E-state index in [1.807, 2.05) is 4.68 Å². The number of rotatable bonds is 5. The maximum atomic E-state index is 4.35. The molecule has 0 aliphatic rings. The van der Waals surface area contributed by atoms with Crippen molar-refractivity contribution in [3.63, 3.8) is 0 Å². The summed E-state index contributed by atoms with van der Waals surface area (Å²) in [5.74, 6) is 0. The third-order valence-electron chi connectivity index (χ3n) is 1.93. The van der Waals surface area contributed by atoms with Crippen LogP contribution in [0.1, 0.15) is 19.8 Å². The number of halogens is 2. The number of nitrogens with zero attached hydrogens (tertiary/aromatic N) is 5. The van der Waals surface area contributed by atoms with E-state index in [2.05, 4.69) is 59.3 Å². The van der Waals surface area contributed by atoms with Crippen molar-refractivity contribution < 1.29 is 0 Å². The topological polar surface area (TPSA) is 56.5 Å². The second kappa shape index (κ2) is 6.26. The summed E-state index contributed by atoms with van der Waals surface area (Å²) in [6, 6.07) is 0. The number of hydrogen-bond donors (Lipinski definition) is 0. The van der Waals surface area contributed by atoms with Crippen molar-refractivity contribution in [3.8, 4) is 0 Å².